The number of nitrogens with two attached hydrogens (primary N) is 1. The summed E-state index contributed by atoms with van der Waals surface area (Å²) in [6.07, 6.45) is 3.50. The molecule has 3 rings (SSSR count). The molecule has 1 amide bonds. The van der Waals surface area contributed by atoms with E-state index in [2.05, 4.69) is 5.32 Å². The predicted molar refractivity (Wildman–Crippen MR) is 98.8 cm³/mol. The van der Waals surface area contributed by atoms with E-state index < -0.39 is 15.8 Å². The number of carbonyl (C=O) groups is 1. The fourth-order valence-electron chi connectivity index (χ4n) is 3.18. The molecule has 1 heterocycles. The Morgan fingerprint density at radius 1 is 1.27 bits per heavy atom. The van der Waals surface area contributed by atoms with Gasteiger partial charge in [0.2, 0.25) is 15.9 Å². The Hall–Kier alpha value is -1.22. The smallest absolute Gasteiger partial charge is 0.243 e. The molecule has 3 N–H and O–H groups in total. The number of carbonyl (C=O) groups excluding carboxylic acids is 1. The fraction of sp³-hybridized carbons (Fsp3) is 0.588. The van der Waals surface area contributed by atoms with Gasteiger partial charge in [-0.15, -0.1) is 12.4 Å². The third kappa shape index (κ3) is 4.94. The van der Waals surface area contributed by atoms with E-state index in [1.807, 2.05) is 0 Å². The van der Waals surface area contributed by atoms with Crippen molar-refractivity contribution < 1.29 is 17.6 Å². The molecule has 1 saturated heterocycles. The molecule has 1 aliphatic heterocycles. The Morgan fingerprint density at radius 3 is 2.54 bits per heavy atom. The summed E-state index contributed by atoms with van der Waals surface area (Å²) in [5.41, 5.74) is 5.99. The second kappa shape index (κ2) is 8.65. The van der Waals surface area contributed by atoms with Gasteiger partial charge in [0.1, 0.15) is 5.82 Å². The molecule has 2 aliphatic rings. The maximum absolute atomic E-state index is 13.0. The first-order valence-corrected chi connectivity index (χ1v) is 10.1. The second-order valence-electron chi connectivity index (χ2n) is 6.90. The Labute approximate surface area is 159 Å². The average Bonchev–Trinajstić information content (AvgIpc) is 3.45. The summed E-state index contributed by atoms with van der Waals surface area (Å²) in [4.78, 5) is 12.4. The van der Waals surface area contributed by atoms with Gasteiger partial charge in [-0.2, -0.15) is 4.31 Å². The summed E-state index contributed by atoms with van der Waals surface area (Å²) in [6, 6.07) is 4.73. The molecule has 26 heavy (non-hydrogen) atoms. The molecule has 1 aromatic carbocycles. The first kappa shape index (κ1) is 21.1. The predicted octanol–water partition coefficient (Wildman–Crippen LogP) is 1.50. The van der Waals surface area contributed by atoms with E-state index in [1.54, 1.807) is 0 Å². The fourth-order valence-corrected chi connectivity index (χ4v) is 4.71. The topological polar surface area (TPSA) is 92.5 Å². The Balaban J connectivity index is 0.00000243. The van der Waals surface area contributed by atoms with Crippen LogP contribution in [0.3, 0.4) is 0 Å². The number of amides is 1. The lowest BCUT2D eigenvalue weighted by molar-refractivity contribution is -0.126. The highest BCUT2D eigenvalue weighted by Crippen LogP contribution is 2.31. The molecule has 1 saturated carbocycles. The van der Waals surface area contributed by atoms with Gasteiger partial charge < -0.3 is 11.1 Å². The first-order valence-electron chi connectivity index (χ1n) is 8.67. The quantitative estimate of drug-likeness (QED) is 0.750. The summed E-state index contributed by atoms with van der Waals surface area (Å²) in [6.45, 7) is 0.944. The van der Waals surface area contributed by atoms with Crippen LogP contribution in [0.4, 0.5) is 4.39 Å². The molecule has 6 nitrogen and oxygen atoms in total. The van der Waals surface area contributed by atoms with Gasteiger partial charge in [0.25, 0.3) is 0 Å². The number of sulfonamides is 1. The molecule has 0 radical (unpaired) electrons. The number of nitrogens with one attached hydrogen (secondary N) is 1. The molecule has 0 aromatic heterocycles. The summed E-state index contributed by atoms with van der Waals surface area (Å²) < 4.78 is 39.7. The summed E-state index contributed by atoms with van der Waals surface area (Å²) in [5, 5.41) is 2.86. The number of benzene rings is 1. The number of piperidine rings is 1. The molecule has 2 unspecified atom stereocenters. The zero-order valence-electron chi connectivity index (χ0n) is 14.4. The second-order valence-corrected chi connectivity index (χ2v) is 8.84. The largest absolute Gasteiger partial charge is 0.354 e. The van der Waals surface area contributed by atoms with E-state index in [9.17, 15) is 17.6 Å². The van der Waals surface area contributed by atoms with Crippen molar-refractivity contribution in [3.63, 3.8) is 0 Å². The maximum atomic E-state index is 13.0. The van der Waals surface area contributed by atoms with Crippen LogP contribution in [-0.4, -0.2) is 44.3 Å². The zero-order chi connectivity index (χ0) is 18.0. The highest BCUT2D eigenvalue weighted by molar-refractivity contribution is 7.89. The monoisotopic (exact) mass is 405 g/mol. The third-order valence-electron chi connectivity index (χ3n) is 4.95. The molecule has 146 valence electrons. The van der Waals surface area contributed by atoms with Crippen molar-refractivity contribution in [1.29, 1.82) is 0 Å². The minimum atomic E-state index is -3.72. The average molecular weight is 406 g/mol. The number of rotatable bonds is 6. The van der Waals surface area contributed by atoms with Crippen molar-refractivity contribution in [3.05, 3.63) is 30.1 Å². The Bertz CT molecular complexity index is 725. The Morgan fingerprint density at radius 2 is 1.92 bits per heavy atom. The minimum absolute atomic E-state index is 0. The van der Waals surface area contributed by atoms with Crippen LogP contribution in [0.2, 0.25) is 0 Å². The molecular weight excluding hydrogens is 381 g/mol. The van der Waals surface area contributed by atoms with Gasteiger partial charge in [0.05, 0.1) is 10.8 Å². The number of halogens is 2. The van der Waals surface area contributed by atoms with Crippen molar-refractivity contribution in [2.75, 3.05) is 19.6 Å². The molecular formula is C17H25ClFN3O3S. The molecule has 9 heteroatoms. The van der Waals surface area contributed by atoms with Crippen LogP contribution >= 0.6 is 12.4 Å². The molecule has 0 bridgehead atoms. The van der Waals surface area contributed by atoms with Crippen LogP contribution in [0.15, 0.2) is 29.2 Å². The summed E-state index contributed by atoms with van der Waals surface area (Å²) in [5.74, 6) is -0.505. The van der Waals surface area contributed by atoms with Gasteiger partial charge in [0, 0.05) is 25.7 Å². The van der Waals surface area contributed by atoms with Gasteiger partial charge in [0.15, 0.2) is 0 Å². The Kier molecular flexibility index (Phi) is 7.01. The number of hydrogen-bond donors (Lipinski definition) is 2. The SMILES string of the molecule is Cl.NC(CNC(=O)C1CCCN(S(=O)(=O)c2ccc(F)cc2)C1)C1CC1. The van der Waals surface area contributed by atoms with Crippen LogP contribution in [0.5, 0.6) is 0 Å². The standard InChI is InChI=1S/C17H24FN3O3S.ClH/c18-14-5-7-15(8-6-14)25(23,24)21-9-1-2-13(11-21)17(22)20-10-16(19)12-3-4-12;/h5-8,12-13,16H,1-4,9-11,19H2,(H,20,22);1H. The molecule has 2 atom stereocenters. The maximum Gasteiger partial charge on any atom is 0.243 e. The zero-order valence-corrected chi connectivity index (χ0v) is 16.1. The number of hydrogen-bond acceptors (Lipinski definition) is 4. The van der Waals surface area contributed by atoms with Crippen LogP contribution < -0.4 is 11.1 Å². The van der Waals surface area contributed by atoms with Gasteiger partial charge in [-0.25, -0.2) is 12.8 Å². The lowest BCUT2D eigenvalue weighted by Crippen LogP contribution is -2.47. The highest BCUT2D eigenvalue weighted by atomic mass is 35.5. The van der Waals surface area contributed by atoms with Gasteiger partial charge in [-0.05, 0) is 55.9 Å². The normalized spacial score (nSPS) is 22.3. The van der Waals surface area contributed by atoms with Crippen LogP contribution in [-0.2, 0) is 14.8 Å². The van der Waals surface area contributed by atoms with E-state index in [1.165, 1.54) is 16.4 Å². The van der Waals surface area contributed by atoms with Crippen LogP contribution in [0.1, 0.15) is 25.7 Å². The molecule has 1 aliphatic carbocycles. The summed E-state index contributed by atoms with van der Waals surface area (Å²) >= 11 is 0. The van der Waals surface area contributed by atoms with Crippen molar-refractivity contribution in [3.8, 4) is 0 Å². The van der Waals surface area contributed by atoms with Crippen molar-refractivity contribution >= 4 is 28.3 Å². The van der Waals surface area contributed by atoms with Crippen molar-refractivity contribution in [2.24, 2.45) is 17.6 Å². The molecule has 1 aromatic rings. The van der Waals surface area contributed by atoms with E-state index in [4.69, 9.17) is 5.73 Å². The van der Waals surface area contributed by atoms with E-state index in [0.717, 1.165) is 25.0 Å². The van der Waals surface area contributed by atoms with Crippen molar-refractivity contribution in [1.82, 2.24) is 9.62 Å². The minimum Gasteiger partial charge on any atom is -0.354 e. The molecule has 2 fully saturated rings. The first-order chi connectivity index (χ1) is 11.9. The van der Waals surface area contributed by atoms with Gasteiger partial charge in [-0.3, -0.25) is 4.79 Å². The number of nitrogens with zero attached hydrogens (tertiary/aromatic N) is 1. The van der Waals surface area contributed by atoms with E-state index >= 15 is 0 Å². The van der Waals surface area contributed by atoms with Gasteiger partial charge in [-0.1, -0.05) is 0 Å². The highest BCUT2D eigenvalue weighted by Gasteiger charge is 2.34. The van der Waals surface area contributed by atoms with E-state index in [0.29, 0.717) is 31.8 Å². The summed E-state index contributed by atoms with van der Waals surface area (Å²) in [7, 11) is -3.72. The lowest BCUT2D eigenvalue weighted by Gasteiger charge is -2.31. The van der Waals surface area contributed by atoms with Crippen LogP contribution in [0.25, 0.3) is 0 Å². The van der Waals surface area contributed by atoms with E-state index in [-0.39, 0.29) is 41.7 Å². The third-order valence-corrected chi connectivity index (χ3v) is 6.83. The van der Waals surface area contributed by atoms with Crippen LogP contribution in [0, 0.1) is 17.7 Å². The van der Waals surface area contributed by atoms with Gasteiger partial charge >= 0.3 is 0 Å². The van der Waals surface area contributed by atoms with Crippen molar-refractivity contribution in [2.45, 2.75) is 36.6 Å². The lowest BCUT2D eigenvalue weighted by atomic mass is 9.98. The molecule has 0 spiro atoms.